The van der Waals surface area contributed by atoms with Crippen LogP contribution in [0.2, 0.25) is 0 Å². The van der Waals surface area contributed by atoms with Crippen LogP contribution in [-0.2, 0) is 6.42 Å². The van der Waals surface area contributed by atoms with Crippen molar-refractivity contribution in [2.75, 3.05) is 21.3 Å². The summed E-state index contributed by atoms with van der Waals surface area (Å²) in [6.45, 7) is 0. The highest BCUT2D eigenvalue weighted by molar-refractivity contribution is 5.47. The predicted octanol–water partition coefficient (Wildman–Crippen LogP) is 2.60. The number of methoxy groups -OCH3 is 2. The van der Waals surface area contributed by atoms with Crippen LogP contribution in [0.4, 0.5) is 0 Å². The van der Waals surface area contributed by atoms with Crippen LogP contribution in [0.25, 0.3) is 0 Å². The Morgan fingerprint density at radius 3 is 2.15 bits per heavy atom. The first-order valence-corrected chi connectivity index (χ1v) is 6.57. The van der Waals surface area contributed by atoms with E-state index < -0.39 is 0 Å². The number of likely N-dealkylation sites (N-methyl/N-ethyl adjacent to an activating group) is 1. The highest BCUT2D eigenvalue weighted by Gasteiger charge is 2.19. The van der Waals surface area contributed by atoms with Crippen LogP contribution in [-0.4, -0.2) is 26.3 Å². The minimum atomic E-state index is 0.114. The van der Waals surface area contributed by atoms with E-state index in [9.17, 15) is 0 Å². The molecule has 0 aliphatic heterocycles. The second kappa shape index (κ2) is 6.91. The van der Waals surface area contributed by atoms with Crippen molar-refractivity contribution >= 4 is 0 Å². The predicted molar refractivity (Wildman–Crippen MR) is 79.3 cm³/mol. The van der Waals surface area contributed by atoms with Crippen LogP contribution >= 0.6 is 0 Å². The number of pyridine rings is 1. The van der Waals surface area contributed by atoms with E-state index >= 15 is 0 Å². The fourth-order valence-corrected chi connectivity index (χ4v) is 2.33. The minimum absolute atomic E-state index is 0.114. The Bertz CT molecular complexity index is 521. The number of hydrogen-bond acceptors (Lipinski definition) is 4. The van der Waals surface area contributed by atoms with Gasteiger partial charge in [0.2, 0.25) is 0 Å². The van der Waals surface area contributed by atoms with E-state index in [0.717, 1.165) is 23.5 Å². The second-order valence-corrected chi connectivity index (χ2v) is 4.48. The van der Waals surface area contributed by atoms with Crippen LogP contribution < -0.4 is 14.8 Å². The molecule has 0 saturated heterocycles. The zero-order valence-electron chi connectivity index (χ0n) is 12.1. The molecule has 1 atom stereocenters. The van der Waals surface area contributed by atoms with E-state index in [1.807, 2.05) is 49.8 Å². The summed E-state index contributed by atoms with van der Waals surface area (Å²) in [5.41, 5.74) is 2.25. The molecule has 0 saturated carbocycles. The lowest BCUT2D eigenvalue weighted by Gasteiger charge is -2.22. The van der Waals surface area contributed by atoms with Crippen molar-refractivity contribution in [2.45, 2.75) is 12.5 Å². The van der Waals surface area contributed by atoms with Crippen molar-refractivity contribution in [1.29, 1.82) is 0 Å². The minimum Gasteiger partial charge on any atom is -0.496 e. The third-order valence-electron chi connectivity index (χ3n) is 3.35. The maximum absolute atomic E-state index is 5.48. The van der Waals surface area contributed by atoms with Gasteiger partial charge in [-0.25, -0.2) is 0 Å². The zero-order chi connectivity index (χ0) is 14.4. The van der Waals surface area contributed by atoms with Gasteiger partial charge in [-0.1, -0.05) is 6.07 Å². The molecule has 0 fully saturated rings. The standard InChI is InChI=1S/C16H20N2O2/c1-17-13(11-12-7-9-18-10-8-12)16-14(19-2)5-4-6-15(16)20-3/h4-10,13,17H,11H2,1-3H3. The lowest BCUT2D eigenvalue weighted by Crippen LogP contribution is -2.20. The first-order chi connectivity index (χ1) is 9.80. The van der Waals surface area contributed by atoms with Crippen molar-refractivity contribution in [3.8, 4) is 11.5 Å². The van der Waals surface area contributed by atoms with Crippen molar-refractivity contribution in [3.63, 3.8) is 0 Å². The quantitative estimate of drug-likeness (QED) is 0.878. The molecule has 1 aromatic heterocycles. The summed E-state index contributed by atoms with van der Waals surface area (Å²) in [4.78, 5) is 4.05. The Morgan fingerprint density at radius 2 is 1.65 bits per heavy atom. The SMILES string of the molecule is CNC(Cc1ccncc1)c1c(OC)cccc1OC. The molecule has 0 aliphatic carbocycles. The van der Waals surface area contributed by atoms with Gasteiger partial charge in [0.05, 0.1) is 19.8 Å². The van der Waals surface area contributed by atoms with Crippen molar-refractivity contribution < 1.29 is 9.47 Å². The lowest BCUT2D eigenvalue weighted by atomic mass is 9.98. The molecule has 2 rings (SSSR count). The summed E-state index contributed by atoms with van der Waals surface area (Å²) in [5.74, 6) is 1.66. The molecule has 4 heteroatoms. The maximum atomic E-state index is 5.48. The van der Waals surface area contributed by atoms with Gasteiger partial charge in [-0.2, -0.15) is 0 Å². The summed E-state index contributed by atoms with van der Waals surface area (Å²) >= 11 is 0. The first-order valence-electron chi connectivity index (χ1n) is 6.57. The fourth-order valence-electron chi connectivity index (χ4n) is 2.33. The normalized spacial score (nSPS) is 11.9. The number of rotatable bonds is 6. The molecule has 2 aromatic rings. The molecule has 106 valence electrons. The fraction of sp³-hybridized carbons (Fsp3) is 0.312. The Balaban J connectivity index is 2.36. The van der Waals surface area contributed by atoms with E-state index in [0.29, 0.717) is 0 Å². The molecule has 0 radical (unpaired) electrons. The Morgan fingerprint density at radius 1 is 1.05 bits per heavy atom. The average molecular weight is 272 g/mol. The maximum Gasteiger partial charge on any atom is 0.127 e. The zero-order valence-corrected chi connectivity index (χ0v) is 12.1. The molecule has 0 aliphatic rings. The third kappa shape index (κ3) is 3.08. The smallest absolute Gasteiger partial charge is 0.127 e. The van der Waals surface area contributed by atoms with Crippen LogP contribution in [0.1, 0.15) is 17.2 Å². The number of hydrogen-bond donors (Lipinski definition) is 1. The highest BCUT2D eigenvalue weighted by Crippen LogP contribution is 2.35. The number of nitrogens with one attached hydrogen (secondary N) is 1. The van der Waals surface area contributed by atoms with Gasteiger partial charge >= 0.3 is 0 Å². The second-order valence-electron chi connectivity index (χ2n) is 4.48. The average Bonchev–Trinajstić information content (AvgIpc) is 2.52. The van der Waals surface area contributed by atoms with E-state index in [4.69, 9.17) is 9.47 Å². The van der Waals surface area contributed by atoms with Gasteiger partial charge in [-0.15, -0.1) is 0 Å². The molecular formula is C16H20N2O2. The van der Waals surface area contributed by atoms with Crippen LogP contribution in [0.15, 0.2) is 42.7 Å². The first kappa shape index (κ1) is 14.3. The van der Waals surface area contributed by atoms with Gasteiger partial charge in [0.25, 0.3) is 0 Å². The molecule has 1 unspecified atom stereocenters. The monoisotopic (exact) mass is 272 g/mol. The molecule has 1 aromatic carbocycles. The topological polar surface area (TPSA) is 43.4 Å². The Hall–Kier alpha value is -2.07. The van der Waals surface area contributed by atoms with E-state index in [1.54, 1.807) is 14.2 Å². The Labute approximate surface area is 119 Å². The lowest BCUT2D eigenvalue weighted by molar-refractivity contribution is 0.373. The van der Waals surface area contributed by atoms with Crippen LogP contribution in [0.5, 0.6) is 11.5 Å². The Kier molecular flexibility index (Phi) is 4.96. The molecule has 20 heavy (non-hydrogen) atoms. The summed E-state index contributed by atoms with van der Waals surface area (Å²) in [6, 6.07) is 9.99. The molecular weight excluding hydrogens is 252 g/mol. The summed E-state index contributed by atoms with van der Waals surface area (Å²) < 4.78 is 11.0. The van der Waals surface area contributed by atoms with Crippen molar-refractivity contribution in [3.05, 3.63) is 53.9 Å². The highest BCUT2D eigenvalue weighted by atomic mass is 16.5. The van der Waals surface area contributed by atoms with Crippen LogP contribution in [0.3, 0.4) is 0 Å². The number of aromatic nitrogens is 1. The summed E-state index contributed by atoms with van der Waals surface area (Å²) in [5, 5.41) is 3.34. The van der Waals surface area contributed by atoms with Gasteiger partial charge in [0.15, 0.2) is 0 Å². The van der Waals surface area contributed by atoms with E-state index in [1.165, 1.54) is 5.56 Å². The van der Waals surface area contributed by atoms with Crippen molar-refractivity contribution in [1.82, 2.24) is 10.3 Å². The molecule has 0 bridgehead atoms. The van der Waals surface area contributed by atoms with Crippen LogP contribution in [0, 0.1) is 0 Å². The number of nitrogens with zero attached hydrogens (tertiary/aromatic N) is 1. The molecule has 1 heterocycles. The largest absolute Gasteiger partial charge is 0.496 e. The van der Waals surface area contributed by atoms with E-state index in [2.05, 4.69) is 10.3 Å². The number of benzene rings is 1. The molecule has 0 spiro atoms. The molecule has 0 amide bonds. The van der Waals surface area contributed by atoms with Gasteiger partial charge < -0.3 is 14.8 Å². The van der Waals surface area contributed by atoms with E-state index in [-0.39, 0.29) is 6.04 Å². The van der Waals surface area contributed by atoms with Gasteiger partial charge in [0.1, 0.15) is 11.5 Å². The summed E-state index contributed by atoms with van der Waals surface area (Å²) in [7, 11) is 5.30. The molecule has 1 N–H and O–H groups in total. The van der Waals surface area contributed by atoms with Gasteiger partial charge in [-0.3, -0.25) is 4.98 Å². The van der Waals surface area contributed by atoms with Crippen molar-refractivity contribution in [2.24, 2.45) is 0 Å². The summed E-state index contributed by atoms with van der Waals surface area (Å²) in [6.07, 6.45) is 4.46. The third-order valence-corrected chi connectivity index (χ3v) is 3.35. The number of ether oxygens (including phenoxy) is 2. The van der Waals surface area contributed by atoms with Gasteiger partial charge in [-0.05, 0) is 43.3 Å². The molecule has 4 nitrogen and oxygen atoms in total. The van der Waals surface area contributed by atoms with Gasteiger partial charge in [0, 0.05) is 18.4 Å².